The maximum atomic E-state index is 11.8. The molecule has 0 bridgehead atoms. The number of nitrogens with one attached hydrogen (secondary N) is 1. The molecule has 0 aromatic heterocycles. The molecule has 8 nitrogen and oxygen atoms in total. The van der Waals surface area contributed by atoms with Crippen LogP contribution in [0.15, 0.2) is 24.3 Å². The minimum atomic E-state index is -1.13. The Balaban J connectivity index is 2.71. The van der Waals surface area contributed by atoms with Crippen LogP contribution in [0.5, 0.6) is 5.75 Å². The molecule has 1 atom stereocenters. The lowest BCUT2D eigenvalue weighted by molar-refractivity contribution is -0.384. The predicted molar refractivity (Wildman–Crippen MR) is 77.8 cm³/mol. The lowest BCUT2D eigenvalue weighted by Gasteiger charge is -2.22. The van der Waals surface area contributed by atoms with Crippen molar-refractivity contribution in [3.63, 3.8) is 0 Å². The molecule has 0 aliphatic heterocycles. The molecule has 0 saturated heterocycles. The van der Waals surface area contributed by atoms with Crippen molar-refractivity contribution in [2.45, 2.75) is 32.7 Å². The van der Waals surface area contributed by atoms with Gasteiger partial charge in [0, 0.05) is 12.1 Å². The summed E-state index contributed by atoms with van der Waals surface area (Å²) in [5, 5.41) is 22.0. The molecular weight excluding hydrogens is 292 g/mol. The number of benzene rings is 1. The van der Waals surface area contributed by atoms with Crippen LogP contribution in [0.25, 0.3) is 0 Å². The van der Waals surface area contributed by atoms with E-state index in [9.17, 15) is 24.8 Å². The van der Waals surface area contributed by atoms with E-state index in [1.165, 1.54) is 24.3 Å². The van der Waals surface area contributed by atoms with Gasteiger partial charge in [-0.05, 0) is 18.1 Å². The quantitative estimate of drug-likeness (QED) is 0.590. The van der Waals surface area contributed by atoms with Crippen LogP contribution >= 0.6 is 0 Å². The van der Waals surface area contributed by atoms with Crippen LogP contribution < -0.4 is 10.1 Å². The zero-order valence-electron chi connectivity index (χ0n) is 12.3. The summed E-state index contributed by atoms with van der Waals surface area (Å²) in [6, 6.07) is 3.88. The molecule has 1 aromatic carbocycles. The standard InChI is InChI=1S/C14H18N2O6/c1-3-9(4-2)12(13(17)18)15-14(19)22-11-7-5-10(6-8-11)16(20)21/h5-9,12H,3-4H2,1-2H3,(H,15,19)(H,17,18)/t12-/m0/s1. The Morgan fingerprint density at radius 3 is 2.23 bits per heavy atom. The first-order valence-electron chi connectivity index (χ1n) is 6.84. The highest BCUT2D eigenvalue weighted by molar-refractivity contribution is 5.81. The second-order valence-corrected chi connectivity index (χ2v) is 4.68. The number of hydrogen-bond donors (Lipinski definition) is 2. The Hall–Kier alpha value is -2.64. The molecule has 0 saturated carbocycles. The van der Waals surface area contributed by atoms with E-state index in [2.05, 4.69) is 5.32 Å². The van der Waals surface area contributed by atoms with Crippen molar-refractivity contribution < 1.29 is 24.4 Å². The van der Waals surface area contributed by atoms with E-state index in [0.717, 1.165) is 0 Å². The highest BCUT2D eigenvalue weighted by Gasteiger charge is 2.28. The number of rotatable bonds is 7. The predicted octanol–water partition coefficient (Wildman–Crippen LogP) is 2.57. The first-order chi connectivity index (χ1) is 10.4. The minimum Gasteiger partial charge on any atom is -0.480 e. The summed E-state index contributed by atoms with van der Waals surface area (Å²) in [7, 11) is 0. The summed E-state index contributed by atoms with van der Waals surface area (Å²) in [5.41, 5.74) is -0.131. The number of ether oxygens (including phenoxy) is 1. The number of hydrogen-bond acceptors (Lipinski definition) is 5. The average molecular weight is 310 g/mol. The lowest BCUT2D eigenvalue weighted by atomic mass is 9.94. The first-order valence-corrected chi connectivity index (χ1v) is 6.84. The summed E-state index contributed by atoms with van der Waals surface area (Å²) < 4.78 is 4.93. The molecule has 120 valence electrons. The molecule has 1 aromatic rings. The third kappa shape index (κ3) is 4.72. The molecule has 0 unspecified atom stereocenters. The van der Waals surface area contributed by atoms with Gasteiger partial charge in [0.15, 0.2) is 0 Å². The number of nitro groups is 1. The van der Waals surface area contributed by atoms with Crippen molar-refractivity contribution in [2.24, 2.45) is 5.92 Å². The SMILES string of the molecule is CCC(CC)[C@H](NC(=O)Oc1ccc([N+](=O)[O-])cc1)C(=O)O. The van der Waals surface area contributed by atoms with Gasteiger partial charge in [-0.1, -0.05) is 26.7 Å². The third-order valence-corrected chi connectivity index (χ3v) is 3.32. The molecule has 0 spiro atoms. The Kier molecular flexibility index (Phi) is 6.30. The van der Waals surface area contributed by atoms with E-state index >= 15 is 0 Å². The number of carbonyl (C=O) groups excluding carboxylic acids is 1. The normalized spacial score (nSPS) is 11.8. The molecule has 2 N–H and O–H groups in total. The van der Waals surface area contributed by atoms with Crippen molar-refractivity contribution in [3.8, 4) is 5.75 Å². The van der Waals surface area contributed by atoms with E-state index in [4.69, 9.17) is 4.74 Å². The number of non-ortho nitro benzene ring substituents is 1. The van der Waals surface area contributed by atoms with Crippen molar-refractivity contribution in [3.05, 3.63) is 34.4 Å². The summed E-state index contributed by atoms with van der Waals surface area (Å²) in [6.07, 6.45) is 0.296. The second-order valence-electron chi connectivity index (χ2n) is 4.68. The largest absolute Gasteiger partial charge is 0.480 e. The van der Waals surface area contributed by atoms with Crippen molar-refractivity contribution in [1.29, 1.82) is 0 Å². The van der Waals surface area contributed by atoms with Crippen molar-refractivity contribution in [1.82, 2.24) is 5.32 Å². The molecule has 1 rings (SSSR count). The van der Waals surface area contributed by atoms with E-state index in [1.54, 1.807) is 0 Å². The molecule has 0 radical (unpaired) electrons. The summed E-state index contributed by atoms with van der Waals surface area (Å²) in [6.45, 7) is 3.68. The van der Waals surface area contributed by atoms with Gasteiger partial charge in [0.2, 0.25) is 0 Å². The van der Waals surface area contributed by atoms with Gasteiger partial charge >= 0.3 is 12.1 Å². The van der Waals surface area contributed by atoms with Gasteiger partial charge < -0.3 is 15.2 Å². The van der Waals surface area contributed by atoms with Crippen LogP contribution in [0.2, 0.25) is 0 Å². The smallest absolute Gasteiger partial charge is 0.413 e. The Labute approximate surface area is 127 Å². The zero-order chi connectivity index (χ0) is 16.7. The molecule has 0 heterocycles. The molecule has 22 heavy (non-hydrogen) atoms. The number of carboxylic acids is 1. The summed E-state index contributed by atoms with van der Waals surface area (Å²) >= 11 is 0. The lowest BCUT2D eigenvalue weighted by Crippen LogP contribution is -2.46. The summed E-state index contributed by atoms with van der Waals surface area (Å²) in [4.78, 5) is 32.9. The molecular formula is C14H18N2O6. The topological polar surface area (TPSA) is 119 Å². The van der Waals surface area contributed by atoms with Crippen molar-refractivity contribution >= 4 is 17.7 Å². The van der Waals surface area contributed by atoms with Crippen LogP contribution in [-0.4, -0.2) is 28.1 Å². The number of nitrogens with zero attached hydrogens (tertiary/aromatic N) is 1. The van der Waals surface area contributed by atoms with Gasteiger partial charge in [0.1, 0.15) is 11.8 Å². The van der Waals surface area contributed by atoms with Gasteiger partial charge in [-0.15, -0.1) is 0 Å². The van der Waals surface area contributed by atoms with Gasteiger partial charge in [0.05, 0.1) is 4.92 Å². The number of aliphatic carboxylic acids is 1. The van der Waals surface area contributed by atoms with Crippen LogP contribution in [-0.2, 0) is 4.79 Å². The molecule has 0 fully saturated rings. The van der Waals surface area contributed by atoms with E-state index < -0.39 is 23.0 Å². The second kappa shape index (κ2) is 7.96. The fraction of sp³-hybridized carbons (Fsp3) is 0.429. The number of carbonyl (C=O) groups is 2. The average Bonchev–Trinajstić information content (AvgIpc) is 2.47. The van der Waals surface area contributed by atoms with E-state index in [-0.39, 0.29) is 17.4 Å². The van der Waals surface area contributed by atoms with Crippen LogP contribution in [0.4, 0.5) is 10.5 Å². The molecule has 8 heteroatoms. The van der Waals surface area contributed by atoms with Crippen LogP contribution in [0.1, 0.15) is 26.7 Å². The highest BCUT2D eigenvalue weighted by atomic mass is 16.6. The monoisotopic (exact) mass is 310 g/mol. The Morgan fingerprint density at radius 1 is 1.27 bits per heavy atom. The van der Waals surface area contributed by atoms with Gasteiger partial charge in [0.25, 0.3) is 5.69 Å². The van der Waals surface area contributed by atoms with Crippen molar-refractivity contribution in [2.75, 3.05) is 0 Å². The first kappa shape index (κ1) is 17.4. The van der Waals surface area contributed by atoms with Gasteiger partial charge in [-0.3, -0.25) is 10.1 Å². The van der Waals surface area contributed by atoms with Gasteiger partial charge in [-0.25, -0.2) is 9.59 Å². The highest BCUT2D eigenvalue weighted by Crippen LogP contribution is 2.18. The number of nitro benzene ring substituents is 1. The maximum Gasteiger partial charge on any atom is 0.413 e. The van der Waals surface area contributed by atoms with E-state index in [0.29, 0.717) is 12.8 Å². The maximum absolute atomic E-state index is 11.8. The zero-order valence-corrected chi connectivity index (χ0v) is 12.3. The number of carboxylic acid groups (broad SMARTS) is 1. The molecule has 1 amide bonds. The minimum absolute atomic E-state index is 0.0942. The summed E-state index contributed by atoms with van der Waals surface area (Å²) in [5.74, 6) is -1.24. The number of amides is 1. The fourth-order valence-corrected chi connectivity index (χ4v) is 2.04. The third-order valence-electron chi connectivity index (χ3n) is 3.32. The van der Waals surface area contributed by atoms with Crippen LogP contribution in [0.3, 0.4) is 0 Å². The Morgan fingerprint density at radius 2 is 1.82 bits per heavy atom. The molecule has 0 aliphatic rings. The van der Waals surface area contributed by atoms with Gasteiger partial charge in [-0.2, -0.15) is 0 Å². The Bertz CT molecular complexity index is 539. The fourth-order valence-electron chi connectivity index (χ4n) is 2.04. The van der Waals surface area contributed by atoms with E-state index in [1.807, 2.05) is 13.8 Å². The van der Waals surface area contributed by atoms with Crippen LogP contribution in [0, 0.1) is 16.0 Å². The molecule has 0 aliphatic carbocycles.